The van der Waals surface area contributed by atoms with E-state index in [4.69, 9.17) is 9.15 Å². The number of carboxylic acid groups (broad SMARTS) is 2. The normalized spacial score (nSPS) is 25.2. The first-order chi connectivity index (χ1) is 14.5. The Labute approximate surface area is 176 Å². The second-order valence-electron chi connectivity index (χ2n) is 7.74. The molecule has 9 heteroatoms. The van der Waals surface area contributed by atoms with Gasteiger partial charge in [-0.05, 0) is 36.8 Å². The number of ketones is 1. The Morgan fingerprint density at radius 1 is 1.19 bits per heavy atom. The van der Waals surface area contributed by atoms with Crippen LogP contribution in [0.2, 0.25) is 0 Å². The highest BCUT2D eigenvalue weighted by molar-refractivity contribution is 6.01. The molecule has 0 aliphatic heterocycles. The van der Waals surface area contributed by atoms with Gasteiger partial charge < -0.3 is 24.5 Å². The van der Waals surface area contributed by atoms with Gasteiger partial charge in [-0.15, -0.1) is 0 Å². The summed E-state index contributed by atoms with van der Waals surface area (Å²) in [4.78, 5) is 36.2. The summed E-state index contributed by atoms with van der Waals surface area (Å²) in [7, 11) is 1.34. The standard InChI is InChI=1S/C22H21FO8/c1-21(19(25)26)8-7-14(22(29,11-21)20(27)28)18(24)16-6-4-13(31-16)9-12-3-5-15(23)17(10-12)30-2/h3-8,10,14,29H,9,11H2,1-2H3,(H,25,26)(H,27,28). The summed E-state index contributed by atoms with van der Waals surface area (Å²) < 4.78 is 24.0. The van der Waals surface area contributed by atoms with Crippen molar-refractivity contribution in [3.05, 3.63) is 65.4 Å². The van der Waals surface area contributed by atoms with E-state index in [1.54, 1.807) is 0 Å². The van der Waals surface area contributed by atoms with Crippen molar-refractivity contribution in [1.29, 1.82) is 0 Å². The first-order valence-electron chi connectivity index (χ1n) is 9.34. The van der Waals surface area contributed by atoms with Crippen LogP contribution in [0.5, 0.6) is 5.75 Å². The van der Waals surface area contributed by atoms with Crippen molar-refractivity contribution < 1.29 is 43.2 Å². The number of halogens is 1. The zero-order chi connectivity index (χ0) is 23.0. The molecule has 0 spiro atoms. The number of furan rings is 1. The number of aliphatic hydroxyl groups is 1. The highest BCUT2D eigenvalue weighted by Crippen LogP contribution is 2.42. The maximum Gasteiger partial charge on any atom is 0.336 e. The number of carbonyl (C=O) groups is 3. The lowest BCUT2D eigenvalue weighted by Crippen LogP contribution is -2.54. The predicted octanol–water partition coefficient (Wildman–Crippen LogP) is 2.68. The molecule has 1 heterocycles. The van der Waals surface area contributed by atoms with E-state index in [0.29, 0.717) is 11.3 Å². The van der Waals surface area contributed by atoms with Gasteiger partial charge >= 0.3 is 11.9 Å². The van der Waals surface area contributed by atoms with Crippen molar-refractivity contribution >= 4 is 17.7 Å². The fraction of sp³-hybridized carbons (Fsp3) is 0.318. The number of methoxy groups -OCH3 is 1. The largest absolute Gasteiger partial charge is 0.494 e. The molecule has 1 aromatic carbocycles. The van der Waals surface area contributed by atoms with Gasteiger partial charge in [0.25, 0.3) is 0 Å². The average Bonchev–Trinajstić information content (AvgIpc) is 3.17. The molecule has 1 aromatic heterocycles. The number of hydrogen-bond acceptors (Lipinski definition) is 6. The second kappa shape index (κ2) is 7.99. The van der Waals surface area contributed by atoms with Crippen molar-refractivity contribution in [1.82, 2.24) is 0 Å². The Bertz CT molecular complexity index is 1070. The van der Waals surface area contributed by atoms with Crippen LogP contribution in [-0.2, 0) is 16.0 Å². The number of ether oxygens (including phenoxy) is 1. The second-order valence-corrected chi connectivity index (χ2v) is 7.74. The van der Waals surface area contributed by atoms with Crippen LogP contribution in [-0.4, -0.2) is 45.8 Å². The lowest BCUT2D eigenvalue weighted by atomic mass is 9.66. The molecule has 0 fully saturated rings. The number of benzene rings is 1. The molecule has 8 nitrogen and oxygen atoms in total. The Kier molecular flexibility index (Phi) is 5.73. The molecule has 31 heavy (non-hydrogen) atoms. The maximum absolute atomic E-state index is 13.6. The molecule has 3 rings (SSSR count). The average molecular weight is 432 g/mol. The van der Waals surface area contributed by atoms with Gasteiger partial charge in [-0.3, -0.25) is 9.59 Å². The summed E-state index contributed by atoms with van der Waals surface area (Å²) in [6.07, 6.45) is 1.84. The third kappa shape index (κ3) is 4.09. The molecule has 3 atom stereocenters. The summed E-state index contributed by atoms with van der Waals surface area (Å²) in [6, 6.07) is 7.11. The van der Waals surface area contributed by atoms with Gasteiger partial charge in [0.2, 0.25) is 5.78 Å². The van der Waals surface area contributed by atoms with Crippen LogP contribution in [0.1, 0.15) is 35.2 Å². The third-order valence-corrected chi connectivity index (χ3v) is 5.45. The molecule has 0 saturated heterocycles. The van der Waals surface area contributed by atoms with Gasteiger partial charge in [-0.1, -0.05) is 18.2 Å². The number of carboxylic acids is 2. The van der Waals surface area contributed by atoms with E-state index in [1.165, 1.54) is 50.4 Å². The minimum atomic E-state index is -2.61. The fourth-order valence-electron chi connectivity index (χ4n) is 3.63. The lowest BCUT2D eigenvalue weighted by molar-refractivity contribution is -0.169. The zero-order valence-electron chi connectivity index (χ0n) is 16.8. The van der Waals surface area contributed by atoms with Crippen LogP contribution >= 0.6 is 0 Å². The summed E-state index contributed by atoms with van der Waals surface area (Å²) in [6.45, 7) is 1.27. The van der Waals surface area contributed by atoms with Crippen LogP contribution in [0.15, 0.2) is 46.9 Å². The number of hydrogen-bond donors (Lipinski definition) is 3. The Morgan fingerprint density at radius 3 is 2.52 bits per heavy atom. The van der Waals surface area contributed by atoms with E-state index in [9.17, 15) is 34.1 Å². The van der Waals surface area contributed by atoms with Crippen LogP contribution < -0.4 is 4.74 Å². The van der Waals surface area contributed by atoms with Crippen LogP contribution in [0.4, 0.5) is 4.39 Å². The van der Waals surface area contributed by atoms with Gasteiger partial charge in [-0.2, -0.15) is 0 Å². The SMILES string of the molecule is COc1cc(Cc2ccc(C(=O)C3C=CC(C)(C(=O)O)CC3(O)C(=O)O)o2)ccc1F. The van der Waals surface area contributed by atoms with Gasteiger partial charge in [0.05, 0.1) is 18.4 Å². The van der Waals surface area contributed by atoms with E-state index in [2.05, 4.69) is 0 Å². The molecule has 164 valence electrons. The zero-order valence-corrected chi connectivity index (χ0v) is 16.8. The molecule has 3 unspecified atom stereocenters. The highest BCUT2D eigenvalue weighted by atomic mass is 19.1. The maximum atomic E-state index is 13.6. The van der Waals surface area contributed by atoms with Gasteiger partial charge in [0.1, 0.15) is 5.76 Å². The van der Waals surface area contributed by atoms with E-state index >= 15 is 0 Å². The molecule has 1 aliphatic carbocycles. The minimum absolute atomic E-state index is 0.0562. The molecule has 3 N–H and O–H groups in total. The molecule has 2 aromatic rings. The summed E-state index contributed by atoms with van der Waals surface area (Å²) in [5.41, 5.74) is -3.60. The first-order valence-corrected chi connectivity index (χ1v) is 9.34. The van der Waals surface area contributed by atoms with Crippen molar-refractivity contribution in [2.75, 3.05) is 7.11 Å². The topological polar surface area (TPSA) is 134 Å². The molecule has 0 amide bonds. The molecule has 0 saturated carbocycles. The monoisotopic (exact) mass is 432 g/mol. The molecular formula is C22H21FO8. The van der Waals surface area contributed by atoms with Crippen LogP contribution in [0.25, 0.3) is 0 Å². The Morgan fingerprint density at radius 2 is 1.90 bits per heavy atom. The number of Topliss-reactive ketones (excluding diaryl/α,β-unsaturated/α-hetero) is 1. The third-order valence-electron chi connectivity index (χ3n) is 5.45. The Hall–Kier alpha value is -3.46. The van der Waals surface area contributed by atoms with Crippen molar-refractivity contribution in [2.45, 2.75) is 25.4 Å². The fourth-order valence-corrected chi connectivity index (χ4v) is 3.63. The number of aliphatic carboxylic acids is 2. The van der Waals surface area contributed by atoms with E-state index < -0.39 is 46.9 Å². The summed E-state index contributed by atoms with van der Waals surface area (Å²) >= 11 is 0. The van der Waals surface area contributed by atoms with Crippen LogP contribution in [0, 0.1) is 17.2 Å². The van der Waals surface area contributed by atoms with Gasteiger partial charge in [-0.25, -0.2) is 9.18 Å². The lowest BCUT2D eigenvalue weighted by Gasteiger charge is -2.38. The first kappa shape index (κ1) is 22.2. The molecule has 0 radical (unpaired) electrons. The van der Waals surface area contributed by atoms with E-state index in [1.807, 2.05) is 0 Å². The van der Waals surface area contributed by atoms with E-state index in [0.717, 1.165) is 6.08 Å². The highest BCUT2D eigenvalue weighted by Gasteiger charge is 2.55. The number of rotatable bonds is 7. The molecule has 1 aliphatic rings. The van der Waals surface area contributed by atoms with Crippen molar-refractivity contribution in [2.24, 2.45) is 11.3 Å². The van der Waals surface area contributed by atoms with Gasteiger partial charge in [0.15, 0.2) is 22.9 Å². The predicted molar refractivity (Wildman–Crippen MR) is 104 cm³/mol. The van der Waals surface area contributed by atoms with Crippen molar-refractivity contribution in [3.8, 4) is 5.75 Å². The summed E-state index contributed by atoms with van der Waals surface area (Å²) in [5.74, 6) is -5.63. The minimum Gasteiger partial charge on any atom is -0.494 e. The molecule has 0 bridgehead atoms. The van der Waals surface area contributed by atoms with Crippen LogP contribution in [0.3, 0.4) is 0 Å². The number of carbonyl (C=O) groups excluding carboxylic acids is 1. The van der Waals surface area contributed by atoms with Crippen molar-refractivity contribution in [3.63, 3.8) is 0 Å². The quantitative estimate of drug-likeness (QED) is 0.449. The summed E-state index contributed by atoms with van der Waals surface area (Å²) in [5, 5.41) is 29.6. The van der Waals surface area contributed by atoms with Gasteiger partial charge in [0, 0.05) is 12.8 Å². The smallest absolute Gasteiger partial charge is 0.336 e. The Balaban J connectivity index is 1.87. The van der Waals surface area contributed by atoms with E-state index in [-0.39, 0.29) is 17.9 Å². The molecular weight excluding hydrogens is 411 g/mol.